The highest BCUT2D eigenvalue weighted by Gasteiger charge is 2.51. The van der Waals surface area contributed by atoms with Crippen molar-refractivity contribution in [1.82, 2.24) is 25.8 Å². The summed E-state index contributed by atoms with van der Waals surface area (Å²) in [7, 11) is 3.43. The third kappa shape index (κ3) is 8.76. The lowest BCUT2D eigenvalue weighted by Gasteiger charge is -2.37. The van der Waals surface area contributed by atoms with Crippen LogP contribution in [-0.2, 0) is 28.7 Å². The molecule has 1 aliphatic carbocycles. The van der Waals surface area contributed by atoms with Crippen LogP contribution in [0.2, 0.25) is 0 Å². The van der Waals surface area contributed by atoms with Crippen LogP contribution in [0.25, 0.3) is 0 Å². The van der Waals surface area contributed by atoms with E-state index in [1.54, 1.807) is 23.9 Å². The van der Waals surface area contributed by atoms with Gasteiger partial charge in [0.15, 0.2) is 12.5 Å². The van der Waals surface area contributed by atoms with E-state index in [9.17, 15) is 24.0 Å². The number of likely N-dealkylation sites (N-methyl/N-ethyl adjacent to an activating group) is 1. The van der Waals surface area contributed by atoms with Crippen molar-refractivity contribution < 1.29 is 28.7 Å². The molecule has 0 spiro atoms. The monoisotopic (exact) mass is 606 g/mol. The Morgan fingerprint density at radius 2 is 1.44 bits per heavy atom. The van der Waals surface area contributed by atoms with Crippen molar-refractivity contribution in [3.05, 3.63) is 0 Å². The second kappa shape index (κ2) is 13.2. The van der Waals surface area contributed by atoms with Crippen molar-refractivity contribution in [2.24, 2.45) is 34.3 Å². The maximum atomic E-state index is 14.2. The Hall–Kier alpha value is -2.57. The lowest BCUT2D eigenvalue weighted by Crippen LogP contribution is -2.60. The molecule has 2 aliphatic heterocycles. The van der Waals surface area contributed by atoms with Gasteiger partial charge in [-0.1, -0.05) is 68.2 Å². The lowest BCUT2D eigenvalue weighted by atomic mass is 9.84. The fourth-order valence-electron chi connectivity index (χ4n) is 5.95. The standard InChI is InChI=1S/C31H54N6O6/c1-16(2)18-13-14-37(20(18)25(40)33-19(15-17-11-12-17)21(38)24(32)39)29(42)23(31(6,7)8)35-27-26(43-27)34-22(30(3,4)5)28(41)36(9)10/h16-20,22-23,26-27,34-35H,11-15H2,1-10H3,(H2,32,39)(H,33,40)/t18-,19?,20+,22-,23-,26?,27?/m1/s1. The smallest absolute Gasteiger partial charge is 0.287 e. The van der Waals surface area contributed by atoms with E-state index in [-0.39, 0.29) is 35.0 Å². The van der Waals surface area contributed by atoms with E-state index in [4.69, 9.17) is 10.5 Å². The van der Waals surface area contributed by atoms with E-state index in [1.165, 1.54) is 0 Å². The second-order valence-electron chi connectivity index (χ2n) is 15.3. The van der Waals surface area contributed by atoms with Crippen LogP contribution in [0.15, 0.2) is 0 Å². The maximum Gasteiger partial charge on any atom is 0.287 e. The minimum Gasteiger partial charge on any atom is -0.363 e. The van der Waals surface area contributed by atoms with Gasteiger partial charge in [0.05, 0.1) is 18.1 Å². The number of epoxide rings is 1. The van der Waals surface area contributed by atoms with Crippen LogP contribution in [-0.4, -0.2) is 96.5 Å². The molecule has 0 radical (unpaired) electrons. The van der Waals surface area contributed by atoms with E-state index in [0.29, 0.717) is 19.4 Å². The minimum atomic E-state index is -1.07. The summed E-state index contributed by atoms with van der Waals surface area (Å²) in [4.78, 5) is 68.4. The number of ether oxygens (including phenoxy) is 1. The summed E-state index contributed by atoms with van der Waals surface area (Å²) in [5, 5.41) is 9.45. The van der Waals surface area contributed by atoms with Gasteiger partial charge in [-0.05, 0) is 41.4 Å². The Labute approximate surface area is 256 Å². The average molecular weight is 607 g/mol. The first kappa shape index (κ1) is 34.9. The number of nitrogens with one attached hydrogen (secondary N) is 3. The van der Waals surface area contributed by atoms with Crippen LogP contribution in [0, 0.1) is 28.6 Å². The fraction of sp³-hybridized carbons (Fsp3) is 0.839. The highest BCUT2D eigenvalue weighted by atomic mass is 16.6. The molecule has 0 aromatic rings. The zero-order chi connectivity index (χ0) is 32.6. The normalized spacial score (nSPS) is 26.1. The number of amides is 4. The van der Waals surface area contributed by atoms with Gasteiger partial charge in [-0.2, -0.15) is 0 Å². The van der Waals surface area contributed by atoms with Gasteiger partial charge in [-0.25, -0.2) is 0 Å². The summed E-state index contributed by atoms with van der Waals surface area (Å²) in [6.45, 7) is 16.2. The first-order chi connectivity index (χ1) is 19.7. The van der Waals surface area contributed by atoms with E-state index in [2.05, 4.69) is 16.0 Å². The predicted molar refractivity (Wildman–Crippen MR) is 162 cm³/mol. The van der Waals surface area contributed by atoms with Crippen molar-refractivity contribution in [3.63, 3.8) is 0 Å². The molecule has 244 valence electrons. The topological polar surface area (TPSA) is 166 Å². The summed E-state index contributed by atoms with van der Waals surface area (Å²) in [6, 6.07) is -2.98. The zero-order valence-corrected chi connectivity index (χ0v) is 27.7. The summed E-state index contributed by atoms with van der Waals surface area (Å²) >= 11 is 0. The Morgan fingerprint density at radius 1 is 0.907 bits per heavy atom. The molecule has 5 N–H and O–H groups in total. The number of hydrogen-bond acceptors (Lipinski definition) is 8. The number of ketones is 1. The third-order valence-electron chi connectivity index (χ3n) is 8.81. The second-order valence-corrected chi connectivity index (χ2v) is 15.3. The summed E-state index contributed by atoms with van der Waals surface area (Å²) < 4.78 is 5.86. The highest BCUT2D eigenvalue weighted by Crippen LogP contribution is 2.36. The molecule has 7 atom stereocenters. The molecule has 3 unspecified atom stereocenters. The van der Waals surface area contributed by atoms with Gasteiger partial charge in [0.25, 0.3) is 5.91 Å². The molecule has 0 aromatic heterocycles. The van der Waals surface area contributed by atoms with Crippen LogP contribution < -0.4 is 21.7 Å². The molecule has 3 aliphatic rings. The molecule has 3 fully saturated rings. The molecular weight excluding hydrogens is 552 g/mol. The molecule has 12 nitrogen and oxygen atoms in total. The van der Waals surface area contributed by atoms with E-state index in [1.807, 2.05) is 55.4 Å². The molecular formula is C31H54N6O6. The van der Waals surface area contributed by atoms with E-state index in [0.717, 1.165) is 12.8 Å². The van der Waals surface area contributed by atoms with Gasteiger partial charge in [0, 0.05) is 20.6 Å². The molecule has 2 saturated heterocycles. The maximum absolute atomic E-state index is 14.2. The van der Waals surface area contributed by atoms with Crippen LogP contribution in [0.4, 0.5) is 0 Å². The van der Waals surface area contributed by atoms with Crippen molar-refractivity contribution >= 4 is 29.4 Å². The number of likely N-dealkylation sites (tertiary alicyclic amines) is 1. The fourth-order valence-corrected chi connectivity index (χ4v) is 5.95. The number of Topliss-reactive ketones (excluding diaryl/α,β-unsaturated/α-hetero) is 1. The summed E-state index contributed by atoms with van der Waals surface area (Å²) in [5.41, 5.74) is 4.39. The Kier molecular flexibility index (Phi) is 10.7. The molecule has 43 heavy (non-hydrogen) atoms. The van der Waals surface area contributed by atoms with Crippen LogP contribution in [0.5, 0.6) is 0 Å². The van der Waals surface area contributed by atoms with E-state index < -0.39 is 59.6 Å². The molecule has 3 rings (SSSR count). The minimum absolute atomic E-state index is 0.0642. The number of hydrogen-bond donors (Lipinski definition) is 4. The number of rotatable bonds is 13. The lowest BCUT2D eigenvalue weighted by molar-refractivity contribution is -0.145. The van der Waals surface area contributed by atoms with Gasteiger partial charge < -0.3 is 25.6 Å². The molecule has 0 bridgehead atoms. The summed E-state index contributed by atoms with van der Waals surface area (Å²) in [6.07, 6.45) is 1.93. The van der Waals surface area contributed by atoms with Gasteiger partial charge in [-0.3, -0.25) is 34.6 Å². The number of carbonyl (C=O) groups excluding carboxylic acids is 5. The highest BCUT2D eigenvalue weighted by molar-refractivity contribution is 6.37. The molecule has 0 aromatic carbocycles. The van der Waals surface area contributed by atoms with Gasteiger partial charge >= 0.3 is 0 Å². The Morgan fingerprint density at radius 3 is 1.88 bits per heavy atom. The van der Waals surface area contributed by atoms with Crippen LogP contribution in [0.1, 0.15) is 81.1 Å². The average Bonchev–Trinajstić information content (AvgIpc) is 3.79. The van der Waals surface area contributed by atoms with Gasteiger partial charge in [-0.15, -0.1) is 0 Å². The van der Waals surface area contributed by atoms with Crippen molar-refractivity contribution in [2.75, 3.05) is 20.6 Å². The van der Waals surface area contributed by atoms with Crippen LogP contribution >= 0.6 is 0 Å². The number of nitrogens with two attached hydrogens (primary N) is 1. The predicted octanol–water partition coefficient (Wildman–Crippen LogP) is 0.978. The van der Waals surface area contributed by atoms with Crippen LogP contribution in [0.3, 0.4) is 0 Å². The van der Waals surface area contributed by atoms with Gasteiger partial charge in [0.1, 0.15) is 6.04 Å². The SMILES string of the molecule is CC(C)[C@H]1CCN(C(=O)[C@@H](NC2OC2N[C@H](C(=O)N(C)C)C(C)(C)C)C(C)(C)C)[C@@H]1C(=O)NC(CC1CC1)C(=O)C(N)=O. The molecule has 2 heterocycles. The summed E-state index contributed by atoms with van der Waals surface area (Å²) in [5.74, 6) is -2.36. The first-order valence-corrected chi connectivity index (χ1v) is 15.6. The Balaban J connectivity index is 1.78. The molecule has 4 amide bonds. The quantitative estimate of drug-likeness (QED) is 0.178. The Bertz CT molecular complexity index is 1080. The molecule has 12 heteroatoms. The first-order valence-electron chi connectivity index (χ1n) is 15.6. The number of primary amides is 1. The molecule has 1 saturated carbocycles. The largest absolute Gasteiger partial charge is 0.363 e. The van der Waals surface area contributed by atoms with Crippen molar-refractivity contribution in [3.8, 4) is 0 Å². The zero-order valence-electron chi connectivity index (χ0n) is 27.7. The van der Waals surface area contributed by atoms with Gasteiger partial charge in [0.2, 0.25) is 23.5 Å². The number of carbonyl (C=O) groups is 5. The van der Waals surface area contributed by atoms with E-state index >= 15 is 0 Å². The van der Waals surface area contributed by atoms with Crippen molar-refractivity contribution in [1.29, 1.82) is 0 Å². The number of nitrogens with zero attached hydrogens (tertiary/aromatic N) is 2. The van der Waals surface area contributed by atoms with Crippen molar-refractivity contribution in [2.45, 2.75) is 118 Å². The third-order valence-corrected chi connectivity index (χ3v) is 8.81.